The highest BCUT2D eigenvalue weighted by atomic mass is 79.9. The Morgan fingerprint density at radius 3 is 2.50 bits per heavy atom. The van der Waals surface area contributed by atoms with E-state index in [0.29, 0.717) is 6.42 Å². The van der Waals surface area contributed by atoms with Gasteiger partial charge in [0.15, 0.2) is 0 Å². The maximum Gasteiger partial charge on any atom is 0.0849 e. The van der Waals surface area contributed by atoms with Gasteiger partial charge in [0, 0.05) is 26.3 Å². The lowest BCUT2D eigenvalue weighted by atomic mass is 10.0. The molecule has 0 aliphatic rings. The van der Waals surface area contributed by atoms with Crippen LogP contribution in [-0.2, 0) is 6.42 Å². The molecule has 2 aromatic rings. The largest absolute Gasteiger partial charge is 0.388 e. The molecule has 0 fully saturated rings. The van der Waals surface area contributed by atoms with Crippen molar-refractivity contribution < 1.29 is 5.11 Å². The topological polar surface area (TPSA) is 20.2 Å². The van der Waals surface area contributed by atoms with Gasteiger partial charge in [-0.15, -0.1) is 0 Å². The third-order valence-corrected chi connectivity index (χ3v) is 4.90. The van der Waals surface area contributed by atoms with Crippen molar-refractivity contribution in [2.75, 3.05) is 0 Å². The molecule has 1 aromatic carbocycles. The van der Waals surface area contributed by atoms with Gasteiger partial charge in [-0.3, -0.25) is 0 Å². The standard InChI is InChI=1S/C12H10Br2OS/c13-10-4-2-1-3-8(10)5-12(15)9-6-16-7-11(9)14/h1-4,6-7,12,15H,5H2. The third-order valence-electron chi connectivity index (χ3n) is 2.37. The molecule has 1 heterocycles. The van der Waals surface area contributed by atoms with Crippen molar-refractivity contribution >= 4 is 43.2 Å². The summed E-state index contributed by atoms with van der Waals surface area (Å²) < 4.78 is 2.03. The van der Waals surface area contributed by atoms with Crippen LogP contribution in [0.5, 0.6) is 0 Å². The van der Waals surface area contributed by atoms with Gasteiger partial charge in [0.2, 0.25) is 0 Å². The number of aliphatic hydroxyl groups is 1. The molecular formula is C12H10Br2OS. The van der Waals surface area contributed by atoms with Gasteiger partial charge in [-0.25, -0.2) is 0 Å². The fourth-order valence-electron chi connectivity index (χ4n) is 1.51. The van der Waals surface area contributed by atoms with E-state index in [1.54, 1.807) is 11.3 Å². The summed E-state index contributed by atoms with van der Waals surface area (Å²) in [6, 6.07) is 7.97. The zero-order valence-corrected chi connectivity index (χ0v) is 12.3. The summed E-state index contributed by atoms with van der Waals surface area (Å²) in [6.07, 6.45) is 0.163. The van der Waals surface area contributed by atoms with Crippen molar-refractivity contribution in [2.24, 2.45) is 0 Å². The first-order valence-electron chi connectivity index (χ1n) is 4.81. The van der Waals surface area contributed by atoms with Gasteiger partial charge < -0.3 is 5.11 Å². The van der Waals surface area contributed by atoms with E-state index in [1.165, 1.54) is 0 Å². The van der Waals surface area contributed by atoms with Crippen molar-refractivity contribution in [3.63, 3.8) is 0 Å². The van der Waals surface area contributed by atoms with Crippen LogP contribution in [0.25, 0.3) is 0 Å². The number of hydrogen-bond acceptors (Lipinski definition) is 2. The van der Waals surface area contributed by atoms with Crippen molar-refractivity contribution in [3.05, 3.63) is 55.1 Å². The van der Waals surface area contributed by atoms with Crippen LogP contribution >= 0.6 is 43.2 Å². The molecule has 0 aliphatic carbocycles. The Hall–Kier alpha value is -0.160. The van der Waals surface area contributed by atoms with Gasteiger partial charge in [-0.2, -0.15) is 11.3 Å². The molecule has 0 saturated heterocycles. The maximum absolute atomic E-state index is 10.1. The average molecular weight is 362 g/mol. The maximum atomic E-state index is 10.1. The van der Waals surface area contributed by atoms with Gasteiger partial charge in [0.05, 0.1) is 6.10 Å². The smallest absolute Gasteiger partial charge is 0.0849 e. The average Bonchev–Trinajstić information content (AvgIpc) is 2.68. The first kappa shape index (κ1) is 12.3. The molecule has 0 spiro atoms. The summed E-state index contributed by atoms with van der Waals surface area (Å²) in [4.78, 5) is 0. The Balaban J connectivity index is 2.17. The van der Waals surface area contributed by atoms with Gasteiger partial charge in [0.1, 0.15) is 0 Å². The minimum absolute atomic E-state index is 0.459. The molecule has 1 aromatic heterocycles. The summed E-state index contributed by atoms with van der Waals surface area (Å²) in [7, 11) is 0. The van der Waals surface area contributed by atoms with Gasteiger partial charge >= 0.3 is 0 Å². The zero-order valence-electron chi connectivity index (χ0n) is 8.36. The second-order valence-electron chi connectivity index (χ2n) is 3.49. The minimum atomic E-state index is -0.459. The lowest BCUT2D eigenvalue weighted by molar-refractivity contribution is 0.178. The molecule has 1 atom stereocenters. The van der Waals surface area contributed by atoms with E-state index in [0.717, 1.165) is 20.1 Å². The number of aliphatic hydroxyl groups excluding tert-OH is 1. The molecular weight excluding hydrogens is 352 g/mol. The molecule has 1 nitrogen and oxygen atoms in total. The van der Waals surface area contributed by atoms with Crippen LogP contribution in [0, 0.1) is 0 Å². The molecule has 1 unspecified atom stereocenters. The molecule has 1 N–H and O–H groups in total. The van der Waals surface area contributed by atoms with Crippen LogP contribution in [-0.4, -0.2) is 5.11 Å². The summed E-state index contributed by atoms with van der Waals surface area (Å²) in [5.41, 5.74) is 2.08. The van der Waals surface area contributed by atoms with Crippen LogP contribution in [0.15, 0.2) is 44.0 Å². The van der Waals surface area contributed by atoms with E-state index < -0.39 is 6.10 Å². The van der Waals surface area contributed by atoms with Crippen molar-refractivity contribution in [1.29, 1.82) is 0 Å². The number of halogens is 2. The molecule has 0 amide bonds. The fourth-order valence-corrected chi connectivity index (χ4v) is 3.57. The van der Waals surface area contributed by atoms with Crippen LogP contribution < -0.4 is 0 Å². The predicted molar refractivity (Wildman–Crippen MR) is 74.8 cm³/mol. The highest BCUT2D eigenvalue weighted by Crippen LogP contribution is 2.30. The monoisotopic (exact) mass is 360 g/mol. The minimum Gasteiger partial charge on any atom is -0.388 e. The Kier molecular flexibility index (Phi) is 4.19. The fraction of sp³-hybridized carbons (Fsp3) is 0.167. The molecule has 0 bridgehead atoms. The Bertz CT molecular complexity index is 481. The molecule has 0 saturated carbocycles. The van der Waals surface area contributed by atoms with Crippen molar-refractivity contribution in [3.8, 4) is 0 Å². The van der Waals surface area contributed by atoms with Crippen LogP contribution in [0.2, 0.25) is 0 Å². The number of hydrogen-bond donors (Lipinski definition) is 1. The lowest BCUT2D eigenvalue weighted by Crippen LogP contribution is -2.01. The molecule has 84 valence electrons. The quantitative estimate of drug-likeness (QED) is 0.850. The van der Waals surface area contributed by atoms with E-state index in [9.17, 15) is 5.11 Å². The SMILES string of the molecule is OC(Cc1ccccc1Br)c1cscc1Br. The highest BCUT2D eigenvalue weighted by molar-refractivity contribution is 9.10. The predicted octanol–water partition coefficient (Wildman–Crippen LogP) is 4.55. The first-order valence-corrected chi connectivity index (χ1v) is 7.34. The van der Waals surface area contributed by atoms with E-state index in [4.69, 9.17) is 0 Å². The second-order valence-corrected chi connectivity index (χ2v) is 5.94. The van der Waals surface area contributed by atoms with Crippen LogP contribution in [0.1, 0.15) is 17.2 Å². The zero-order chi connectivity index (χ0) is 11.5. The lowest BCUT2D eigenvalue weighted by Gasteiger charge is -2.11. The normalized spacial score (nSPS) is 12.7. The van der Waals surface area contributed by atoms with Gasteiger partial charge in [-0.05, 0) is 32.9 Å². The van der Waals surface area contributed by atoms with E-state index in [-0.39, 0.29) is 0 Å². The van der Waals surface area contributed by atoms with Crippen molar-refractivity contribution in [2.45, 2.75) is 12.5 Å². The molecule has 4 heteroatoms. The number of thiophene rings is 1. The molecule has 0 radical (unpaired) electrons. The van der Waals surface area contributed by atoms with E-state index in [2.05, 4.69) is 31.9 Å². The Morgan fingerprint density at radius 2 is 1.88 bits per heavy atom. The summed E-state index contributed by atoms with van der Waals surface area (Å²) >= 11 is 8.51. The summed E-state index contributed by atoms with van der Waals surface area (Å²) in [5, 5.41) is 14.1. The van der Waals surface area contributed by atoms with Gasteiger partial charge in [0.25, 0.3) is 0 Å². The Labute approximate surface area is 115 Å². The van der Waals surface area contributed by atoms with Crippen LogP contribution in [0.3, 0.4) is 0 Å². The molecule has 0 aliphatic heterocycles. The summed E-state index contributed by atoms with van der Waals surface area (Å²) in [6.45, 7) is 0. The van der Waals surface area contributed by atoms with E-state index >= 15 is 0 Å². The van der Waals surface area contributed by atoms with E-state index in [1.807, 2.05) is 35.0 Å². The van der Waals surface area contributed by atoms with Crippen molar-refractivity contribution in [1.82, 2.24) is 0 Å². The summed E-state index contributed by atoms with van der Waals surface area (Å²) in [5.74, 6) is 0. The Morgan fingerprint density at radius 1 is 1.12 bits per heavy atom. The number of benzene rings is 1. The molecule has 16 heavy (non-hydrogen) atoms. The highest BCUT2D eigenvalue weighted by Gasteiger charge is 2.13. The second kappa shape index (κ2) is 5.45. The third kappa shape index (κ3) is 2.74. The number of rotatable bonds is 3. The first-order chi connectivity index (χ1) is 7.68. The van der Waals surface area contributed by atoms with Gasteiger partial charge in [-0.1, -0.05) is 34.1 Å². The van der Waals surface area contributed by atoms with Crippen LogP contribution in [0.4, 0.5) is 0 Å². The molecule has 2 rings (SSSR count).